The second kappa shape index (κ2) is 11.8. The van der Waals surface area contributed by atoms with Gasteiger partial charge in [-0.3, -0.25) is 14.3 Å². The quantitative estimate of drug-likeness (QED) is 0.292. The fraction of sp³-hybridized carbons (Fsp3) is 0.385. The van der Waals surface area contributed by atoms with Crippen molar-refractivity contribution >= 4 is 17.6 Å². The van der Waals surface area contributed by atoms with Crippen LogP contribution in [0.4, 0.5) is 13.2 Å². The van der Waals surface area contributed by atoms with Crippen molar-refractivity contribution in [3.05, 3.63) is 75.9 Å². The summed E-state index contributed by atoms with van der Waals surface area (Å²) in [6, 6.07) is 7.74. The third-order valence-corrected chi connectivity index (χ3v) is 5.99. The highest BCUT2D eigenvalue weighted by Crippen LogP contribution is 2.24. The van der Waals surface area contributed by atoms with Gasteiger partial charge in [0.25, 0.3) is 0 Å². The van der Waals surface area contributed by atoms with Crippen LogP contribution in [0.2, 0.25) is 5.02 Å². The van der Waals surface area contributed by atoms with Gasteiger partial charge in [-0.15, -0.1) is 10.2 Å². The van der Waals surface area contributed by atoms with Crippen LogP contribution in [0.1, 0.15) is 38.6 Å². The smallest absolute Gasteiger partial charge is 0.416 e. The second-order valence-electron chi connectivity index (χ2n) is 10.1. The number of hydrogen-bond donors (Lipinski definition) is 1. The van der Waals surface area contributed by atoms with E-state index >= 15 is 0 Å². The first-order valence-corrected chi connectivity index (χ1v) is 12.8. The monoisotopic (exact) mass is 593 g/mol. The number of pyridine rings is 1. The van der Waals surface area contributed by atoms with E-state index in [1.54, 1.807) is 39.2 Å². The first-order valence-electron chi connectivity index (χ1n) is 12.5. The zero-order valence-corrected chi connectivity index (χ0v) is 23.1. The van der Waals surface area contributed by atoms with Crippen molar-refractivity contribution in [3.8, 4) is 17.1 Å². The minimum absolute atomic E-state index is 0.0916. The van der Waals surface area contributed by atoms with Crippen LogP contribution in [-0.4, -0.2) is 63.1 Å². The normalized spacial score (nSPS) is 12.9. The molecule has 0 aliphatic heterocycles. The van der Waals surface area contributed by atoms with E-state index in [0.29, 0.717) is 22.7 Å². The lowest BCUT2D eigenvalue weighted by Crippen LogP contribution is -2.37. The van der Waals surface area contributed by atoms with Gasteiger partial charge in [-0.05, 0) is 63.1 Å². The Hall–Kier alpha value is -4.04. The minimum atomic E-state index is -4.94. The van der Waals surface area contributed by atoms with Crippen LogP contribution >= 0.6 is 11.6 Å². The number of alkyl halides is 3. The number of hydrogen-bond acceptors (Lipinski definition) is 8. The maximum absolute atomic E-state index is 13.1. The standard InChI is InChI=1S/C26H27ClF3N7O4/c1-25(2,3)41-22(39)9-6-16-10-11-31-12-19(16)37-15-32-21(33-37)14-36-24(40)35(13-20(38)26(28,29)30)23(34-36)17-4-7-18(27)8-5-17/h4-5,7-8,10-12,15,20,38H,6,9,13-14H2,1-3H3/t20-/m0/s1. The molecule has 0 bridgehead atoms. The predicted octanol–water partition coefficient (Wildman–Crippen LogP) is 3.59. The highest BCUT2D eigenvalue weighted by atomic mass is 35.5. The number of aliphatic hydroxyl groups is 1. The number of halogens is 4. The van der Waals surface area contributed by atoms with Crippen LogP contribution in [-0.2, 0) is 29.0 Å². The molecule has 0 fully saturated rings. The maximum atomic E-state index is 13.1. The summed E-state index contributed by atoms with van der Waals surface area (Å²) in [5.41, 5.74) is 0.109. The van der Waals surface area contributed by atoms with Gasteiger partial charge in [0, 0.05) is 23.2 Å². The number of aryl methyl sites for hydroxylation is 1. The lowest BCUT2D eigenvalue weighted by Gasteiger charge is -2.19. The number of carbonyl (C=O) groups excluding carboxylic acids is 1. The number of benzene rings is 1. The van der Waals surface area contributed by atoms with Gasteiger partial charge in [0.15, 0.2) is 17.8 Å². The zero-order valence-electron chi connectivity index (χ0n) is 22.3. The molecule has 0 aliphatic rings. The van der Waals surface area contributed by atoms with Crippen LogP contribution in [0, 0.1) is 0 Å². The molecule has 0 saturated carbocycles. The number of ether oxygens (including phenoxy) is 1. The molecule has 15 heteroatoms. The van der Waals surface area contributed by atoms with Crippen LogP contribution in [0.15, 0.2) is 53.8 Å². The molecule has 1 atom stereocenters. The fourth-order valence-electron chi connectivity index (χ4n) is 3.88. The van der Waals surface area contributed by atoms with E-state index in [-0.39, 0.29) is 30.6 Å². The van der Waals surface area contributed by atoms with Gasteiger partial charge < -0.3 is 9.84 Å². The van der Waals surface area contributed by atoms with E-state index in [1.165, 1.54) is 35.3 Å². The Morgan fingerprint density at radius 2 is 1.83 bits per heavy atom. The van der Waals surface area contributed by atoms with Gasteiger partial charge in [-0.1, -0.05) is 11.6 Å². The summed E-state index contributed by atoms with van der Waals surface area (Å²) < 4.78 is 47.8. The first kappa shape index (κ1) is 29.9. The van der Waals surface area contributed by atoms with E-state index in [9.17, 15) is 27.9 Å². The third kappa shape index (κ3) is 7.58. The first-order chi connectivity index (χ1) is 19.2. The minimum Gasteiger partial charge on any atom is -0.460 e. The van der Waals surface area contributed by atoms with Crippen molar-refractivity contribution in [2.45, 2.75) is 64.6 Å². The molecule has 4 aromatic rings. The summed E-state index contributed by atoms with van der Waals surface area (Å²) in [7, 11) is 0. The highest BCUT2D eigenvalue weighted by molar-refractivity contribution is 6.30. The zero-order chi connectivity index (χ0) is 29.9. The summed E-state index contributed by atoms with van der Waals surface area (Å²) in [4.78, 5) is 33.6. The summed E-state index contributed by atoms with van der Waals surface area (Å²) in [6.45, 7) is 4.02. The average molecular weight is 594 g/mol. The molecule has 0 spiro atoms. The molecule has 11 nitrogen and oxygen atoms in total. The van der Waals surface area contributed by atoms with Gasteiger partial charge in [-0.25, -0.2) is 19.1 Å². The maximum Gasteiger partial charge on any atom is 0.416 e. The van der Waals surface area contributed by atoms with E-state index in [0.717, 1.165) is 14.8 Å². The molecule has 4 rings (SSSR count). The molecule has 3 heterocycles. The summed E-state index contributed by atoms with van der Waals surface area (Å²) in [6.07, 6.45) is -2.75. The number of carbonyl (C=O) groups is 1. The summed E-state index contributed by atoms with van der Waals surface area (Å²) in [5.74, 6) is -0.314. The summed E-state index contributed by atoms with van der Waals surface area (Å²) >= 11 is 5.92. The van der Waals surface area contributed by atoms with Gasteiger partial charge in [0.2, 0.25) is 0 Å². The number of aliphatic hydroxyl groups excluding tert-OH is 1. The van der Waals surface area contributed by atoms with Gasteiger partial charge in [0.05, 0.1) is 18.4 Å². The molecule has 0 radical (unpaired) electrons. The molecule has 3 aromatic heterocycles. The van der Waals surface area contributed by atoms with E-state index in [1.807, 2.05) is 0 Å². The fourth-order valence-corrected chi connectivity index (χ4v) is 4.01. The molecule has 218 valence electrons. The summed E-state index contributed by atoms with van der Waals surface area (Å²) in [5, 5.41) is 18.6. The molecule has 1 aromatic carbocycles. The third-order valence-electron chi connectivity index (χ3n) is 5.74. The molecule has 0 saturated heterocycles. The molecule has 0 aliphatic carbocycles. The molecule has 41 heavy (non-hydrogen) atoms. The second-order valence-corrected chi connectivity index (χ2v) is 10.6. The lowest BCUT2D eigenvalue weighted by molar-refractivity contribution is -0.207. The Bertz CT molecular complexity index is 1570. The highest BCUT2D eigenvalue weighted by Gasteiger charge is 2.39. The topological polar surface area (TPSA) is 130 Å². The Labute approximate surface area is 237 Å². The number of rotatable bonds is 9. The van der Waals surface area contributed by atoms with Crippen LogP contribution in [0.3, 0.4) is 0 Å². The Balaban J connectivity index is 1.60. The predicted molar refractivity (Wildman–Crippen MR) is 141 cm³/mol. The largest absolute Gasteiger partial charge is 0.460 e. The number of esters is 1. The number of aromatic nitrogens is 7. The van der Waals surface area contributed by atoms with E-state index < -0.39 is 30.1 Å². The van der Waals surface area contributed by atoms with Crippen molar-refractivity contribution in [3.63, 3.8) is 0 Å². The molecule has 0 amide bonds. The van der Waals surface area contributed by atoms with E-state index in [4.69, 9.17) is 16.3 Å². The van der Waals surface area contributed by atoms with Crippen molar-refractivity contribution in [1.82, 2.24) is 34.1 Å². The Kier molecular flexibility index (Phi) is 8.63. The van der Waals surface area contributed by atoms with Crippen molar-refractivity contribution < 1.29 is 27.8 Å². The van der Waals surface area contributed by atoms with Crippen molar-refractivity contribution in [1.29, 1.82) is 0 Å². The lowest BCUT2D eigenvalue weighted by atomic mass is 10.1. The molecule has 0 unspecified atom stereocenters. The van der Waals surface area contributed by atoms with Gasteiger partial charge >= 0.3 is 17.8 Å². The van der Waals surface area contributed by atoms with E-state index in [2.05, 4.69) is 20.2 Å². The molecular formula is C26H27ClF3N7O4. The average Bonchev–Trinajstić information content (AvgIpc) is 3.47. The van der Waals surface area contributed by atoms with Crippen LogP contribution in [0.5, 0.6) is 0 Å². The van der Waals surface area contributed by atoms with Crippen LogP contribution < -0.4 is 5.69 Å². The SMILES string of the molecule is CC(C)(C)OC(=O)CCc1ccncc1-n1cnc(Cn2nc(-c3ccc(Cl)cc3)n(C[C@H](O)C(F)(F)F)c2=O)n1. The van der Waals surface area contributed by atoms with Gasteiger partial charge in [-0.2, -0.15) is 13.2 Å². The van der Waals surface area contributed by atoms with Gasteiger partial charge in [0.1, 0.15) is 18.5 Å². The molecule has 1 N–H and O–H groups in total. The Morgan fingerprint density at radius 3 is 2.49 bits per heavy atom. The number of nitrogens with zero attached hydrogens (tertiary/aromatic N) is 7. The van der Waals surface area contributed by atoms with Crippen molar-refractivity contribution in [2.75, 3.05) is 0 Å². The molecular weight excluding hydrogens is 567 g/mol. The Morgan fingerprint density at radius 1 is 1.12 bits per heavy atom. The van der Waals surface area contributed by atoms with Crippen molar-refractivity contribution in [2.24, 2.45) is 0 Å². The van der Waals surface area contributed by atoms with Crippen LogP contribution in [0.25, 0.3) is 17.1 Å².